The fourth-order valence-corrected chi connectivity index (χ4v) is 3.91. The number of phenols is 5. The van der Waals surface area contributed by atoms with Crippen molar-refractivity contribution >= 4 is 63.8 Å². The molecule has 0 saturated carbocycles. The molecule has 0 atom stereocenters. The number of phenolic OH excluding ortho intramolecular Hbond substituents is 5. The fraction of sp³-hybridized carbons (Fsp3) is 0.0400. The summed E-state index contributed by atoms with van der Waals surface area (Å²) in [4.78, 5) is 8.66. The summed E-state index contributed by atoms with van der Waals surface area (Å²) in [5.41, 5.74) is 2.35. The number of thiol groups is 2. The van der Waals surface area contributed by atoms with Gasteiger partial charge in [-0.1, -0.05) is 48.5 Å². The fourth-order valence-electron chi connectivity index (χ4n) is 3.79. The molecule has 0 aliphatic rings. The van der Waals surface area contributed by atoms with E-state index in [0.29, 0.717) is 22.5 Å². The number of fused-ring (bicyclic) bond motifs is 1. The van der Waals surface area contributed by atoms with Gasteiger partial charge in [0, 0.05) is 16.5 Å². The van der Waals surface area contributed by atoms with E-state index in [-0.39, 0.29) is 17.1 Å². The molecule has 0 aromatic heterocycles. The zero-order chi connectivity index (χ0) is 25.7. The monoisotopic (exact) mass is 528 g/mol. The molecule has 0 unspecified atom stereocenters. The van der Waals surface area contributed by atoms with Gasteiger partial charge in [-0.2, -0.15) is 0 Å². The van der Waals surface area contributed by atoms with Crippen LogP contribution in [-0.4, -0.2) is 44.0 Å². The van der Waals surface area contributed by atoms with Gasteiger partial charge in [-0.25, -0.2) is 0 Å². The molecule has 4 aromatic carbocycles. The van der Waals surface area contributed by atoms with Gasteiger partial charge in [0.25, 0.3) is 0 Å². The predicted octanol–water partition coefficient (Wildman–Crippen LogP) is 6.16. The van der Waals surface area contributed by atoms with Crippen LogP contribution in [0, 0.1) is 0 Å². The third kappa shape index (κ3) is 4.84. The van der Waals surface area contributed by atoms with Gasteiger partial charge >= 0.3 is 0 Å². The van der Waals surface area contributed by atoms with Gasteiger partial charge in [0.2, 0.25) is 17.2 Å². The Labute approximate surface area is 216 Å². The number of aliphatic imine (C=N–C) groups is 2. The van der Waals surface area contributed by atoms with Gasteiger partial charge < -0.3 is 25.5 Å². The van der Waals surface area contributed by atoms with Gasteiger partial charge in [0.05, 0.1) is 17.0 Å². The number of hydrogen-bond acceptors (Lipinski definition) is 9. The van der Waals surface area contributed by atoms with Gasteiger partial charge in [-0.05, 0) is 29.8 Å². The molecule has 0 fully saturated rings. The molecule has 0 aliphatic carbocycles. The molecule has 10 heteroatoms. The van der Waals surface area contributed by atoms with E-state index in [1.165, 1.54) is 0 Å². The van der Waals surface area contributed by atoms with Crippen LogP contribution in [-0.2, 0) is 0 Å². The van der Waals surface area contributed by atoms with Crippen LogP contribution < -0.4 is 0 Å². The zero-order valence-corrected chi connectivity index (χ0v) is 20.6. The van der Waals surface area contributed by atoms with Crippen molar-refractivity contribution in [2.45, 2.75) is 0 Å². The Morgan fingerprint density at radius 2 is 1.43 bits per heavy atom. The molecule has 0 heterocycles. The molecule has 35 heavy (non-hydrogen) atoms. The molecule has 7 nitrogen and oxygen atoms in total. The summed E-state index contributed by atoms with van der Waals surface area (Å²) in [5, 5.41) is 52.1. The van der Waals surface area contributed by atoms with Crippen molar-refractivity contribution in [1.82, 2.24) is 0 Å². The second kappa shape index (κ2) is 11.3. The van der Waals surface area contributed by atoms with Crippen LogP contribution in [0.25, 0.3) is 21.9 Å². The lowest BCUT2D eigenvalue weighted by Crippen LogP contribution is -2.05. The van der Waals surface area contributed by atoms with E-state index in [1.54, 1.807) is 24.3 Å². The Bertz CT molecular complexity index is 1410. The van der Waals surface area contributed by atoms with Crippen molar-refractivity contribution in [2.24, 2.45) is 9.98 Å². The van der Waals surface area contributed by atoms with Crippen LogP contribution in [0.3, 0.4) is 0 Å². The molecule has 0 radical (unpaired) electrons. The van der Waals surface area contributed by atoms with E-state index in [0.717, 1.165) is 10.8 Å². The number of rotatable bonds is 5. The minimum Gasteiger partial charge on any atom is -0.504 e. The first-order valence-electron chi connectivity index (χ1n) is 9.97. The van der Waals surface area contributed by atoms with Crippen LogP contribution in [0.5, 0.6) is 28.7 Å². The number of aromatic hydroxyl groups is 5. The summed E-state index contributed by atoms with van der Waals surface area (Å²) in [6.07, 6.45) is 0. The molecule has 4 rings (SSSR count). The summed E-state index contributed by atoms with van der Waals surface area (Å²) < 4.78 is 0. The second-order valence-electron chi connectivity index (χ2n) is 7.17. The third-order valence-corrected chi connectivity index (χ3v) is 5.45. The first-order chi connectivity index (χ1) is 16.9. The second-order valence-corrected chi connectivity index (χ2v) is 7.41. The Balaban J connectivity index is 0.00000167. The van der Waals surface area contributed by atoms with E-state index in [2.05, 4.69) is 40.0 Å². The number of benzene rings is 4. The van der Waals surface area contributed by atoms with E-state index in [1.807, 2.05) is 36.4 Å². The first kappa shape index (κ1) is 26.1. The SMILES string of the molecule is C=Nc1c(/C(=N\CCl)c2cccc(-c3c(O)c(O)c(O)c(O)c3O)c2)ccc2ccccc12.SS. The Morgan fingerprint density at radius 3 is 2.06 bits per heavy atom. The maximum absolute atomic E-state index is 10.3. The quantitative estimate of drug-likeness (QED) is 0.0317. The lowest BCUT2D eigenvalue weighted by molar-refractivity contribution is 0.330. The summed E-state index contributed by atoms with van der Waals surface area (Å²) in [6.45, 7) is 3.71. The molecule has 0 aliphatic heterocycles. The normalized spacial score (nSPS) is 11.1. The van der Waals surface area contributed by atoms with Crippen molar-refractivity contribution in [3.05, 3.63) is 71.8 Å². The highest BCUT2D eigenvalue weighted by Gasteiger charge is 2.25. The van der Waals surface area contributed by atoms with Gasteiger partial charge in [-0.3, -0.25) is 9.98 Å². The highest BCUT2D eigenvalue weighted by Crippen LogP contribution is 2.54. The third-order valence-electron chi connectivity index (χ3n) is 5.33. The molecule has 4 aromatic rings. The summed E-state index contributed by atoms with van der Waals surface area (Å²) in [6, 6.07) is 18.0. The average Bonchev–Trinajstić information content (AvgIpc) is 2.90. The van der Waals surface area contributed by atoms with Crippen LogP contribution in [0.2, 0.25) is 0 Å². The molecule has 5 N–H and O–H groups in total. The molecule has 180 valence electrons. The lowest BCUT2D eigenvalue weighted by Gasteiger charge is -2.15. The average molecular weight is 529 g/mol. The molecule has 0 bridgehead atoms. The summed E-state index contributed by atoms with van der Waals surface area (Å²) in [5.74, 6) is -4.49. The molecule has 0 amide bonds. The summed E-state index contributed by atoms with van der Waals surface area (Å²) >= 11 is 12.4. The molecular formula is C25H21ClN2O5S2. The van der Waals surface area contributed by atoms with Crippen molar-refractivity contribution in [3.8, 4) is 39.9 Å². The minimum atomic E-state index is -1.02. The highest BCUT2D eigenvalue weighted by atomic mass is 35.5. The number of halogens is 1. The Kier molecular flexibility index (Phi) is 8.39. The van der Waals surface area contributed by atoms with Crippen molar-refractivity contribution in [1.29, 1.82) is 0 Å². The first-order valence-corrected chi connectivity index (χ1v) is 12.1. The zero-order valence-electron chi connectivity index (χ0n) is 18.1. The van der Waals surface area contributed by atoms with Gasteiger partial charge in [-0.15, -0.1) is 34.9 Å². The van der Waals surface area contributed by atoms with Crippen LogP contribution in [0.4, 0.5) is 5.69 Å². The number of nitrogens with zero attached hydrogens (tertiary/aromatic N) is 2. The van der Waals surface area contributed by atoms with E-state index >= 15 is 0 Å². The van der Waals surface area contributed by atoms with Crippen LogP contribution >= 0.6 is 34.9 Å². The standard InChI is InChI=1S/C25H19ClN2O5.H2S2/c1-27-20-16-8-3-2-5-13(16)9-10-17(20)19(28-12-26)15-7-4-6-14(11-15)18-21(29)23(31)25(33)24(32)22(18)30;1-2/h2-11,29-33H,1,12H2;1-2H/b28-19-;. The van der Waals surface area contributed by atoms with Crippen molar-refractivity contribution < 1.29 is 25.5 Å². The Morgan fingerprint density at radius 1 is 0.800 bits per heavy atom. The lowest BCUT2D eigenvalue weighted by atomic mass is 9.93. The Hall–Kier alpha value is -3.53. The summed E-state index contributed by atoms with van der Waals surface area (Å²) in [7, 11) is 0. The van der Waals surface area contributed by atoms with Crippen LogP contribution in [0.1, 0.15) is 11.1 Å². The topological polar surface area (TPSA) is 126 Å². The van der Waals surface area contributed by atoms with Gasteiger partial charge in [0.1, 0.15) is 6.00 Å². The molecular weight excluding hydrogens is 508 g/mol. The van der Waals surface area contributed by atoms with E-state index < -0.39 is 28.7 Å². The largest absolute Gasteiger partial charge is 0.504 e. The smallest absolute Gasteiger partial charge is 0.208 e. The minimum absolute atomic E-state index is 0.0414. The molecule has 0 saturated heterocycles. The van der Waals surface area contributed by atoms with E-state index in [9.17, 15) is 25.5 Å². The van der Waals surface area contributed by atoms with E-state index in [4.69, 9.17) is 11.6 Å². The maximum Gasteiger partial charge on any atom is 0.208 e. The predicted molar refractivity (Wildman–Crippen MR) is 148 cm³/mol. The van der Waals surface area contributed by atoms with Crippen molar-refractivity contribution in [2.75, 3.05) is 6.00 Å². The molecule has 0 spiro atoms. The van der Waals surface area contributed by atoms with Gasteiger partial charge in [0.15, 0.2) is 11.5 Å². The van der Waals surface area contributed by atoms with Crippen molar-refractivity contribution in [3.63, 3.8) is 0 Å². The maximum atomic E-state index is 10.3. The number of alkyl halides is 1. The highest BCUT2D eigenvalue weighted by molar-refractivity contribution is 8.59. The van der Waals surface area contributed by atoms with Crippen LogP contribution in [0.15, 0.2) is 70.6 Å². The number of hydrogen-bond donors (Lipinski definition) is 7.